The number of carbonyl (C=O) groups excluding carboxylic acids is 2. The van der Waals surface area contributed by atoms with Crippen molar-refractivity contribution in [1.29, 1.82) is 0 Å². The second-order valence-electron chi connectivity index (χ2n) is 4.44. The molecule has 0 bridgehead atoms. The molecule has 0 radical (unpaired) electrons. The largest absolute Gasteiger partial charge is 0.397 e. The molecule has 6 nitrogen and oxygen atoms in total. The Morgan fingerprint density at radius 1 is 1.47 bits per heavy atom. The molecule has 0 aliphatic heterocycles. The summed E-state index contributed by atoms with van der Waals surface area (Å²) in [6.07, 6.45) is 2.97. The number of anilines is 2. The van der Waals surface area contributed by atoms with Crippen molar-refractivity contribution in [2.24, 2.45) is 11.1 Å². The molecule has 0 saturated carbocycles. The van der Waals surface area contributed by atoms with Crippen molar-refractivity contribution in [3.8, 4) is 0 Å². The van der Waals surface area contributed by atoms with Crippen LogP contribution in [0.15, 0.2) is 18.5 Å². The van der Waals surface area contributed by atoms with Gasteiger partial charge in [-0.1, -0.05) is 13.8 Å². The normalized spacial score (nSPS) is 10.9. The topological polar surface area (TPSA) is 111 Å². The third-order valence-electron chi connectivity index (χ3n) is 2.40. The van der Waals surface area contributed by atoms with Crippen LogP contribution in [0.3, 0.4) is 0 Å². The van der Waals surface area contributed by atoms with Gasteiger partial charge in [0.05, 0.1) is 23.0 Å². The minimum Gasteiger partial charge on any atom is -0.397 e. The highest BCUT2D eigenvalue weighted by Gasteiger charge is 2.28. The summed E-state index contributed by atoms with van der Waals surface area (Å²) in [5.74, 6) is -0.847. The zero-order valence-electron chi connectivity index (χ0n) is 9.86. The highest BCUT2D eigenvalue weighted by atomic mass is 16.2. The van der Waals surface area contributed by atoms with E-state index in [1.807, 2.05) is 0 Å². The van der Waals surface area contributed by atoms with Gasteiger partial charge in [0.15, 0.2) is 0 Å². The minimum absolute atomic E-state index is 0.00331. The molecule has 0 atom stereocenters. The summed E-state index contributed by atoms with van der Waals surface area (Å²) < 4.78 is 0. The Morgan fingerprint density at radius 3 is 2.65 bits per heavy atom. The van der Waals surface area contributed by atoms with E-state index >= 15 is 0 Å². The number of aromatic nitrogens is 1. The fourth-order valence-corrected chi connectivity index (χ4v) is 1.19. The van der Waals surface area contributed by atoms with Crippen LogP contribution in [0.4, 0.5) is 11.4 Å². The molecule has 2 amide bonds. The number of hydrogen-bond acceptors (Lipinski definition) is 4. The molecule has 92 valence electrons. The minimum atomic E-state index is -0.888. The first-order valence-corrected chi connectivity index (χ1v) is 5.12. The zero-order valence-corrected chi connectivity index (χ0v) is 9.86. The van der Waals surface area contributed by atoms with E-state index in [0.29, 0.717) is 11.4 Å². The summed E-state index contributed by atoms with van der Waals surface area (Å²) in [4.78, 5) is 26.6. The molecule has 0 fully saturated rings. The first kappa shape index (κ1) is 13.0. The molecular weight excluding hydrogens is 220 g/mol. The Balaban J connectivity index is 2.69. The lowest BCUT2D eigenvalue weighted by Gasteiger charge is -2.19. The molecule has 1 heterocycles. The number of nitrogens with zero attached hydrogens (tertiary/aromatic N) is 1. The van der Waals surface area contributed by atoms with Crippen molar-refractivity contribution in [2.45, 2.75) is 20.3 Å². The molecule has 17 heavy (non-hydrogen) atoms. The van der Waals surface area contributed by atoms with E-state index in [1.54, 1.807) is 19.9 Å². The number of pyridine rings is 1. The van der Waals surface area contributed by atoms with Crippen LogP contribution in [-0.4, -0.2) is 16.8 Å². The molecule has 6 heteroatoms. The van der Waals surface area contributed by atoms with E-state index < -0.39 is 11.3 Å². The molecular formula is C11H16N4O2. The molecule has 1 aromatic rings. The highest BCUT2D eigenvalue weighted by molar-refractivity contribution is 5.96. The number of nitrogens with two attached hydrogens (primary N) is 2. The lowest BCUT2D eigenvalue weighted by molar-refractivity contribution is -0.130. The average molecular weight is 236 g/mol. The fourth-order valence-electron chi connectivity index (χ4n) is 1.19. The molecule has 0 aliphatic rings. The summed E-state index contributed by atoms with van der Waals surface area (Å²) in [7, 11) is 0. The summed E-state index contributed by atoms with van der Waals surface area (Å²) in [5.41, 5.74) is 10.8. The number of hydrogen-bond donors (Lipinski definition) is 3. The Bertz CT molecular complexity index is 443. The number of nitrogens with one attached hydrogen (secondary N) is 1. The second kappa shape index (κ2) is 4.82. The maximum Gasteiger partial charge on any atom is 0.225 e. The predicted octanol–water partition coefficient (Wildman–Crippen LogP) is 0.504. The average Bonchev–Trinajstić information content (AvgIpc) is 2.20. The van der Waals surface area contributed by atoms with Crippen molar-refractivity contribution in [1.82, 2.24) is 4.98 Å². The van der Waals surface area contributed by atoms with Gasteiger partial charge in [0.2, 0.25) is 11.8 Å². The van der Waals surface area contributed by atoms with Crippen molar-refractivity contribution in [3.63, 3.8) is 0 Å². The molecule has 0 saturated heterocycles. The summed E-state index contributed by atoms with van der Waals surface area (Å²) in [5, 5.41) is 2.59. The second-order valence-corrected chi connectivity index (χ2v) is 4.44. The fraction of sp³-hybridized carbons (Fsp3) is 0.364. The van der Waals surface area contributed by atoms with Gasteiger partial charge in [-0.3, -0.25) is 14.6 Å². The maximum absolute atomic E-state index is 11.7. The van der Waals surface area contributed by atoms with Crippen LogP contribution in [0, 0.1) is 5.41 Å². The Kier molecular flexibility index (Phi) is 3.67. The molecule has 0 aliphatic carbocycles. The predicted molar refractivity (Wildman–Crippen MR) is 64.9 cm³/mol. The third kappa shape index (κ3) is 3.44. The van der Waals surface area contributed by atoms with Crippen LogP contribution < -0.4 is 16.8 Å². The lowest BCUT2D eigenvalue weighted by atomic mass is 9.88. The van der Waals surface area contributed by atoms with Gasteiger partial charge in [-0.05, 0) is 6.07 Å². The molecule has 5 N–H and O–H groups in total. The number of rotatable bonds is 4. The van der Waals surface area contributed by atoms with Crippen LogP contribution in [0.5, 0.6) is 0 Å². The van der Waals surface area contributed by atoms with Gasteiger partial charge in [-0.15, -0.1) is 0 Å². The monoisotopic (exact) mass is 236 g/mol. The number of nitrogen functional groups attached to an aromatic ring is 1. The van der Waals surface area contributed by atoms with Crippen LogP contribution in [0.25, 0.3) is 0 Å². The summed E-state index contributed by atoms with van der Waals surface area (Å²) >= 11 is 0. The first-order chi connectivity index (χ1) is 7.83. The standard InChI is InChI=1S/C11H16N4O2/c1-11(2,10(13)17)5-9(16)15-8-6-14-4-3-7(8)12/h3-4,6H,5H2,1-2H3,(H2,12,14)(H2,13,17)(H,15,16). The molecule has 1 aromatic heterocycles. The highest BCUT2D eigenvalue weighted by Crippen LogP contribution is 2.22. The van der Waals surface area contributed by atoms with Gasteiger partial charge < -0.3 is 16.8 Å². The summed E-state index contributed by atoms with van der Waals surface area (Å²) in [6, 6.07) is 1.58. The van der Waals surface area contributed by atoms with E-state index in [4.69, 9.17) is 11.5 Å². The Hall–Kier alpha value is -2.11. The van der Waals surface area contributed by atoms with Crippen LogP contribution in [-0.2, 0) is 9.59 Å². The van der Waals surface area contributed by atoms with Crippen molar-refractivity contribution < 1.29 is 9.59 Å². The maximum atomic E-state index is 11.7. The number of primary amides is 1. The van der Waals surface area contributed by atoms with Gasteiger partial charge in [-0.25, -0.2) is 0 Å². The van der Waals surface area contributed by atoms with Crippen LogP contribution >= 0.6 is 0 Å². The Morgan fingerprint density at radius 2 is 2.12 bits per heavy atom. The van der Waals surface area contributed by atoms with E-state index in [1.165, 1.54) is 12.4 Å². The van der Waals surface area contributed by atoms with E-state index in [0.717, 1.165) is 0 Å². The van der Waals surface area contributed by atoms with Crippen molar-refractivity contribution >= 4 is 23.2 Å². The van der Waals surface area contributed by atoms with Gasteiger partial charge in [-0.2, -0.15) is 0 Å². The van der Waals surface area contributed by atoms with Gasteiger partial charge in [0.1, 0.15) is 0 Å². The lowest BCUT2D eigenvalue weighted by Crippen LogP contribution is -2.35. The molecule has 0 aromatic carbocycles. The van der Waals surface area contributed by atoms with Gasteiger partial charge in [0, 0.05) is 12.6 Å². The van der Waals surface area contributed by atoms with Crippen molar-refractivity contribution in [2.75, 3.05) is 11.1 Å². The van der Waals surface area contributed by atoms with Crippen LogP contribution in [0.1, 0.15) is 20.3 Å². The van der Waals surface area contributed by atoms with E-state index in [-0.39, 0.29) is 12.3 Å². The van der Waals surface area contributed by atoms with Crippen molar-refractivity contribution in [3.05, 3.63) is 18.5 Å². The molecule has 0 unspecified atom stereocenters. The van der Waals surface area contributed by atoms with Crippen LogP contribution in [0.2, 0.25) is 0 Å². The third-order valence-corrected chi connectivity index (χ3v) is 2.40. The molecule has 0 spiro atoms. The SMILES string of the molecule is CC(C)(CC(=O)Nc1cnccc1N)C(N)=O. The Labute approximate surface area is 99.4 Å². The van der Waals surface area contributed by atoms with E-state index in [2.05, 4.69) is 10.3 Å². The first-order valence-electron chi connectivity index (χ1n) is 5.12. The smallest absolute Gasteiger partial charge is 0.225 e. The number of amides is 2. The zero-order chi connectivity index (χ0) is 13.1. The van der Waals surface area contributed by atoms with E-state index in [9.17, 15) is 9.59 Å². The summed E-state index contributed by atoms with van der Waals surface area (Å²) in [6.45, 7) is 3.23. The quantitative estimate of drug-likeness (QED) is 0.706. The number of carbonyl (C=O) groups is 2. The molecule has 1 rings (SSSR count). The van der Waals surface area contributed by atoms with Gasteiger partial charge >= 0.3 is 0 Å². The van der Waals surface area contributed by atoms with Gasteiger partial charge in [0.25, 0.3) is 0 Å².